The van der Waals surface area contributed by atoms with E-state index < -0.39 is 0 Å². The van der Waals surface area contributed by atoms with Gasteiger partial charge in [-0.2, -0.15) is 5.10 Å². The number of rotatable bonds is 6. The van der Waals surface area contributed by atoms with Gasteiger partial charge in [0.05, 0.1) is 5.39 Å². The molecule has 1 atom stereocenters. The molecule has 0 bridgehead atoms. The van der Waals surface area contributed by atoms with Gasteiger partial charge in [0.15, 0.2) is 11.5 Å². The van der Waals surface area contributed by atoms with E-state index in [1.807, 2.05) is 43.3 Å². The summed E-state index contributed by atoms with van der Waals surface area (Å²) in [5.41, 5.74) is 5.06. The number of pyridine rings is 2. The molecule has 5 rings (SSSR count). The van der Waals surface area contributed by atoms with Crippen LogP contribution >= 0.6 is 0 Å². The van der Waals surface area contributed by atoms with Crippen molar-refractivity contribution in [3.8, 4) is 11.1 Å². The molecule has 9 heteroatoms. The lowest BCUT2D eigenvalue weighted by atomic mass is 9.87. The van der Waals surface area contributed by atoms with E-state index in [1.165, 1.54) is 11.6 Å². The second kappa shape index (κ2) is 10.3. The minimum absolute atomic E-state index is 0.0122. The van der Waals surface area contributed by atoms with Gasteiger partial charge in [-0.3, -0.25) is 14.7 Å². The maximum Gasteiger partial charge on any atom is 0.256 e. The first kappa shape index (κ1) is 26.1. The van der Waals surface area contributed by atoms with E-state index in [9.17, 15) is 9.59 Å². The molecule has 0 radical (unpaired) electrons. The number of aromatic amines is 1. The molecule has 0 unspecified atom stereocenters. The Morgan fingerprint density at radius 1 is 1.05 bits per heavy atom. The van der Waals surface area contributed by atoms with E-state index in [0.717, 1.165) is 28.5 Å². The maximum absolute atomic E-state index is 13.1. The molecule has 39 heavy (non-hydrogen) atoms. The molecule has 4 aromatic rings. The van der Waals surface area contributed by atoms with Gasteiger partial charge in [-0.25, -0.2) is 9.97 Å². The van der Waals surface area contributed by atoms with Crippen molar-refractivity contribution in [3.63, 3.8) is 0 Å². The monoisotopic (exact) mass is 523 g/mol. The van der Waals surface area contributed by atoms with Crippen LogP contribution in [-0.4, -0.2) is 56.0 Å². The van der Waals surface area contributed by atoms with Gasteiger partial charge in [0.25, 0.3) is 5.91 Å². The van der Waals surface area contributed by atoms with Crippen LogP contribution in [0.15, 0.2) is 61.4 Å². The van der Waals surface area contributed by atoms with Crippen LogP contribution in [-0.2, 0) is 10.2 Å². The molecule has 9 nitrogen and oxygen atoms in total. The van der Waals surface area contributed by atoms with Gasteiger partial charge < -0.3 is 15.5 Å². The Labute approximate surface area is 227 Å². The molecule has 0 aliphatic carbocycles. The highest BCUT2D eigenvalue weighted by molar-refractivity contribution is 6.05. The quantitative estimate of drug-likeness (QED) is 0.304. The van der Waals surface area contributed by atoms with Crippen molar-refractivity contribution in [2.45, 2.75) is 45.6 Å². The second-order valence-corrected chi connectivity index (χ2v) is 10.9. The molecule has 1 aliphatic rings. The minimum atomic E-state index is -0.214. The van der Waals surface area contributed by atoms with Crippen LogP contribution in [0.3, 0.4) is 0 Å². The Kier molecular flexibility index (Phi) is 6.91. The molecule has 0 saturated carbocycles. The van der Waals surface area contributed by atoms with Gasteiger partial charge in [0.1, 0.15) is 5.82 Å². The van der Waals surface area contributed by atoms with Crippen LogP contribution in [0.5, 0.6) is 0 Å². The zero-order chi connectivity index (χ0) is 27.7. The number of H-pyrrole nitrogens is 1. The van der Waals surface area contributed by atoms with Crippen molar-refractivity contribution >= 4 is 34.5 Å². The van der Waals surface area contributed by atoms with Crippen LogP contribution in [0.2, 0.25) is 0 Å². The highest BCUT2D eigenvalue weighted by Crippen LogP contribution is 2.35. The van der Waals surface area contributed by atoms with E-state index in [0.29, 0.717) is 35.9 Å². The second-order valence-electron chi connectivity index (χ2n) is 10.9. The van der Waals surface area contributed by atoms with Crippen molar-refractivity contribution < 1.29 is 9.59 Å². The van der Waals surface area contributed by atoms with Crippen LogP contribution in [0.25, 0.3) is 22.2 Å². The predicted octanol–water partition coefficient (Wildman–Crippen LogP) is 5.08. The number of hydrogen-bond acceptors (Lipinski definition) is 6. The summed E-state index contributed by atoms with van der Waals surface area (Å²) < 4.78 is 0. The normalized spacial score (nSPS) is 15.4. The number of nitrogens with zero attached hydrogens (tertiary/aromatic N) is 4. The fraction of sp³-hybridized carbons (Fsp3) is 0.300. The number of benzene rings is 1. The summed E-state index contributed by atoms with van der Waals surface area (Å²) in [6, 6.07) is 11.6. The number of amides is 2. The van der Waals surface area contributed by atoms with Gasteiger partial charge in [-0.1, -0.05) is 39.5 Å². The Morgan fingerprint density at radius 3 is 2.49 bits per heavy atom. The Balaban J connectivity index is 1.42. The summed E-state index contributed by atoms with van der Waals surface area (Å²) in [5, 5.41) is 14.8. The average Bonchev–Trinajstić information content (AvgIpc) is 3.56. The first-order chi connectivity index (χ1) is 18.7. The smallest absolute Gasteiger partial charge is 0.256 e. The highest BCUT2D eigenvalue weighted by Gasteiger charge is 2.26. The van der Waals surface area contributed by atoms with Crippen LogP contribution in [0, 0.1) is 6.92 Å². The van der Waals surface area contributed by atoms with Gasteiger partial charge in [-0.05, 0) is 71.4 Å². The number of nitrogens with one attached hydrogen (secondary N) is 3. The number of fused-ring (bicyclic) bond motifs is 1. The molecule has 200 valence electrons. The summed E-state index contributed by atoms with van der Waals surface area (Å²) in [6.45, 7) is 13.2. The molecule has 1 fully saturated rings. The zero-order valence-corrected chi connectivity index (χ0v) is 22.7. The first-order valence-electron chi connectivity index (χ1n) is 13.0. The topological polar surface area (TPSA) is 116 Å². The molecule has 1 aromatic carbocycles. The lowest BCUT2D eigenvalue weighted by Crippen LogP contribution is -2.30. The summed E-state index contributed by atoms with van der Waals surface area (Å²) in [6.07, 6.45) is 5.58. The van der Waals surface area contributed by atoms with Crippen molar-refractivity contribution in [1.29, 1.82) is 0 Å². The van der Waals surface area contributed by atoms with E-state index in [4.69, 9.17) is 0 Å². The van der Waals surface area contributed by atoms with Gasteiger partial charge in [0, 0.05) is 37.1 Å². The summed E-state index contributed by atoms with van der Waals surface area (Å²) >= 11 is 0. The Morgan fingerprint density at radius 2 is 1.77 bits per heavy atom. The lowest BCUT2D eigenvalue weighted by molar-refractivity contribution is -0.125. The van der Waals surface area contributed by atoms with Crippen LogP contribution in [0.4, 0.5) is 11.6 Å². The van der Waals surface area contributed by atoms with Crippen molar-refractivity contribution in [2.75, 3.05) is 23.7 Å². The number of carbonyl (C=O) groups excluding carboxylic acids is 2. The van der Waals surface area contributed by atoms with Crippen molar-refractivity contribution in [2.24, 2.45) is 0 Å². The molecule has 3 aromatic heterocycles. The molecule has 2 amide bonds. The molecular weight excluding hydrogens is 490 g/mol. The van der Waals surface area contributed by atoms with Gasteiger partial charge in [-0.15, -0.1) is 0 Å². The molecule has 3 N–H and O–H groups in total. The van der Waals surface area contributed by atoms with Crippen molar-refractivity contribution in [3.05, 3.63) is 78.1 Å². The summed E-state index contributed by atoms with van der Waals surface area (Å²) in [4.78, 5) is 35.8. The first-order valence-corrected chi connectivity index (χ1v) is 13.0. The fourth-order valence-electron chi connectivity index (χ4n) is 4.94. The molecule has 1 saturated heterocycles. The zero-order valence-electron chi connectivity index (χ0n) is 22.7. The van der Waals surface area contributed by atoms with Crippen LogP contribution < -0.4 is 10.6 Å². The molecular formula is C30H33N7O2. The fourth-order valence-corrected chi connectivity index (χ4v) is 4.94. The maximum atomic E-state index is 13.1. The minimum Gasteiger partial charge on any atom is -0.363 e. The van der Waals surface area contributed by atoms with E-state index in [1.54, 1.807) is 17.3 Å². The largest absolute Gasteiger partial charge is 0.363 e. The lowest BCUT2D eigenvalue weighted by Gasteiger charge is -2.19. The number of carbonyl (C=O) groups is 2. The van der Waals surface area contributed by atoms with E-state index >= 15 is 0 Å². The van der Waals surface area contributed by atoms with Gasteiger partial charge in [0.2, 0.25) is 5.91 Å². The third kappa shape index (κ3) is 5.25. The molecule has 4 heterocycles. The number of hydrogen-bond donors (Lipinski definition) is 3. The third-order valence-corrected chi connectivity index (χ3v) is 7.22. The van der Waals surface area contributed by atoms with E-state index in [2.05, 4.69) is 58.1 Å². The van der Waals surface area contributed by atoms with E-state index in [-0.39, 0.29) is 23.3 Å². The summed E-state index contributed by atoms with van der Waals surface area (Å²) in [7, 11) is 0. The average molecular weight is 524 g/mol. The Bertz CT molecular complexity index is 1550. The third-order valence-electron chi connectivity index (χ3n) is 7.22. The number of aromatic nitrogens is 4. The summed E-state index contributed by atoms with van der Waals surface area (Å²) in [5.74, 6) is 0.885. The number of likely N-dealkylation sites (tertiary alicyclic amines) is 1. The molecule has 1 aliphatic heterocycles. The van der Waals surface area contributed by atoms with Crippen molar-refractivity contribution in [1.82, 2.24) is 25.1 Å². The highest BCUT2D eigenvalue weighted by atomic mass is 16.2. The standard InChI is InChI=1S/C30H33N7O2/c1-6-24(38)37-16-13-21(17-37)33-28-25-23(12-15-32-27(25)35-36-28)22-11-14-31-26(18(22)2)34-29(39)19-7-9-20(10-8-19)30(3,4)5/h6-12,14-15,21H,1,13,16-17H2,2-5H3,(H,31,34,39)(H2,32,33,35,36)/t21-/m1/s1. The SMILES string of the molecule is C=CC(=O)N1CC[C@@H](Nc2n[nH]c3nccc(-c4ccnc(NC(=O)c5ccc(C(C)(C)C)cc5)c4C)c23)C1. The van der Waals surface area contributed by atoms with Gasteiger partial charge >= 0.3 is 0 Å². The van der Waals surface area contributed by atoms with Crippen LogP contribution in [0.1, 0.15) is 48.7 Å². The predicted molar refractivity (Wildman–Crippen MR) is 154 cm³/mol. The Hall–Kier alpha value is -4.53. The molecule has 0 spiro atoms. The number of anilines is 2.